The third kappa shape index (κ3) is 4.11. The summed E-state index contributed by atoms with van der Waals surface area (Å²) < 4.78 is 1.87. The molecule has 26 heavy (non-hydrogen) atoms. The second-order valence-corrected chi connectivity index (χ2v) is 7.08. The summed E-state index contributed by atoms with van der Waals surface area (Å²) in [7, 11) is 0. The number of rotatable bonds is 7. The van der Waals surface area contributed by atoms with E-state index in [-0.39, 0.29) is 24.4 Å². The number of nitrogens with one attached hydrogen (secondary N) is 2. The van der Waals surface area contributed by atoms with Gasteiger partial charge < -0.3 is 15.2 Å². The third-order valence-corrected chi connectivity index (χ3v) is 4.99. The van der Waals surface area contributed by atoms with E-state index in [1.165, 1.54) is 0 Å². The van der Waals surface area contributed by atoms with E-state index >= 15 is 0 Å². The van der Waals surface area contributed by atoms with Crippen molar-refractivity contribution in [2.24, 2.45) is 0 Å². The zero-order valence-electron chi connectivity index (χ0n) is 14.9. The van der Waals surface area contributed by atoms with Crippen LogP contribution in [0, 0.1) is 0 Å². The number of nitrogens with zero attached hydrogens (tertiary/aromatic N) is 2. The second-order valence-electron chi connectivity index (χ2n) is 6.04. The summed E-state index contributed by atoms with van der Waals surface area (Å²) in [5.74, 6) is 0.550. The van der Waals surface area contributed by atoms with Crippen LogP contribution in [0.1, 0.15) is 37.0 Å². The predicted molar refractivity (Wildman–Crippen MR) is 103 cm³/mol. The van der Waals surface area contributed by atoms with Crippen molar-refractivity contribution in [3.63, 3.8) is 0 Å². The van der Waals surface area contributed by atoms with Gasteiger partial charge in [0.1, 0.15) is 12.4 Å². The SMILES string of the molecule is CCC(=O)NC(C)c1nc2ccccc2n1CC(=O)NCc1cccs1. The van der Waals surface area contributed by atoms with E-state index in [0.717, 1.165) is 15.9 Å². The molecule has 2 heterocycles. The van der Waals surface area contributed by atoms with Crippen molar-refractivity contribution in [3.8, 4) is 0 Å². The Bertz CT molecular complexity index is 902. The Hall–Kier alpha value is -2.67. The first-order chi connectivity index (χ1) is 12.6. The van der Waals surface area contributed by atoms with Gasteiger partial charge in [0.2, 0.25) is 11.8 Å². The molecule has 1 unspecified atom stereocenters. The Morgan fingerprint density at radius 1 is 1.19 bits per heavy atom. The van der Waals surface area contributed by atoms with Crippen molar-refractivity contribution in [3.05, 3.63) is 52.5 Å². The zero-order valence-corrected chi connectivity index (χ0v) is 15.7. The number of hydrogen-bond acceptors (Lipinski definition) is 4. The highest BCUT2D eigenvalue weighted by molar-refractivity contribution is 7.09. The van der Waals surface area contributed by atoms with Gasteiger partial charge in [-0.25, -0.2) is 4.98 Å². The maximum atomic E-state index is 12.5. The van der Waals surface area contributed by atoms with Crippen LogP contribution >= 0.6 is 11.3 Å². The summed E-state index contributed by atoms with van der Waals surface area (Å²) in [5.41, 5.74) is 1.69. The summed E-state index contributed by atoms with van der Waals surface area (Å²) in [6, 6.07) is 11.4. The average molecular weight is 370 g/mol. The molecule has 136 valence electrons. The van der Waals surface area contributed by atoms with Gasteiger partial charge in [0, 0.05) is 11.3 Å². The fourth-order valence-electron chi connectivity index (χ4n) is 2.80. The van der Waals surface area contributed by atoms with Crippen molar-refractivity contribution in [2.75, 3.05) is 0 Å². The monoisotopic (exact) mass is 370 g/mol. The van der Waals surface area contributed by atoms with Gasteiger partial charge in [0.25, 0.3) is 0 Å². The molecular formula is C19H22N4O2S. The van der Waals surface area contributed by atoms with Crippen molar-refractivity contribution < 1.29 is 9.59 Å². The summed E-state index contributed by atoms with van der Waals surface area (Å²) >= 11 is 1.61. The molecule has 1 atom stereocenters. The van der Waals surface area contributed by atoms with Crippen LogP contribution < -0.4 is 10.6 Å². The van der Waals surface area contributed by atoms with Crippen LogP contribution in [0.15, 0.2) is 41.8 Å². The lowest BCUT2D eigenvalue weighted by atomic mass is 10.3. The molecule has 3 aromatic rings. The van der Waals surface area contributed by atoms with Crippen LogP contribution in [0.4, 0.5) is 0 Å². The molecule has 3 rings (SSSR count). The molecule has 1 aromatic carbocycles. The number of thiophene rings is 1. The minimum Gasteiger partial charge on any atom is -0.350 e. The van der Waals surface area contributed by atoms with Crippen molar-refractivity contribution in [1.82, 2.24) is 20.2 Å². The number of hydrogen-bond donors (Lipinski definition) is 2. The molecule has 0 saturated heterocycles. The fourth-order valence-corrected chi connectivity index (χ4v) is 3.44. The Kier molecular flexibility index (Phi) is 5.68. The number of imidazole rings is 1. The van der Waals surface area contributed by atoms with Crippen LogP contribution in [0.3, 0.4) is 0 Å². The minimum absolute atomic E-state index is 0.0433. The summed E-state index contributed by atoms with van der Waals surface area (Å²) in [6.45, 7) is 4.37. The van der Waals surface area contributed by atoms with E-state index in [2.05, 4.69) is 15.6 Å². The highest BCUT2D eigenvalue weighted by atomic mass is 32.1. The molecule has 0 aliphatic rings. The normalized spacial score (nSPS) is 12.1. The van der Waals surface area contributed by atoms with Gasteiger partial charge in [-0.1, -0.05) is 25.1 Å². The maximum Gasteiger partial charge on any atom is 0.240 e. The predicted octanol–water partition coefficient (Wildman–Crippen LogP) is 3.00. The number of amides is 2. The van der Waals surface area contributed by atoms with Gasteiger partial charge >= 0.3 is 0 Å². The Morgan fingerprint density at radius 2 is 2.00 bits per heavy atom. The van der Waals surface area contributed by atoms with Crippen LogP contribution in [0.25, 0.3) is 11.0 Å². The van der Waals surface area contributed by atoms with Crippen molar-refractivity contribution in [1.29, 1.82) is 0 Å². The topological polar surface area (TPSA) is 76.0 Å². The number of aromatic nitrogens is 2. The van der Waals surface area contributed by atoms with Gasteiger partial charge in [-0.15, -0.1) is 11.3 Å². The minimum atomic E-state index is -0.278. The summed E-state index contributed by atoms with van der Waals surface area (Å²) in [6.07, 6.45) is 0.409. The van der Waals surface area contributed by atoms with Crippen LogP contribution in [-0.2, 0) is 22.7 Å². The number of carbonyl (C=O) groups excluding carboxylic acids is 2. The third-order valence-electron chi connectivity index (χ3n) is 4.11. The molecule has 0 aliphatic heterocycles. The molecule has 0 saturated carbocycles. The van der Waals surface area contributed by atoms with E-state index in [9.17, 15) is 9.59 Å². The Morgan fingerprint density at radius 3 is 2.73 bits per heavy atom. The number of benzene rings is 1. The first-order valence-corrected chi connectivity index (χ1v) is 9.50. The van der Waals surface area contributed by atoms with Crippen LogP contribution in [0.2, 0.25) is 0 Å². The molecule has 0 radical (unpaired) electrons. The molecular weight excluding hydrogens is 348 g/mol. The number of carbonyl (C=O) groups is 2. The molecule has 6 nitrogen and oxygen atoms in total. The first-order valence-electron chi connectivity index (χ1n) is 8.62. The smallest absolute Gasteiger partial charge is 0.240 e. The van der Waals surface area contributed by atoms with Gasteiger partial charge in [-0.2, -0.15) is 0 Å². The van der Waals surface area contributed by atoms with Gasteiger partial charge in [0.05, 0.1) is 23.6 Å². The standard InChI is InChI=1S/C19H22N4O2S/c1-3-17(24)21-13(2)19-22-15-8-4-5-9-16(15)23(19)12-18(25)20-11-14-7-6-10-26-14/h4-10,13H,3,11-12H2,1-2H3,(H,20,25)(H,21,24). The first kappa shape index (κ1) is 18.1. The maximum absolute atomic E-state index is 12.5. The number of para-hydroxylation sites is 2. The Balaban J connectivity index is 1.81. The van der Waals surface area contributed by atoms with Crippen LogP contribution in [-0.4, -0.2) is 21.4 Å². The van der Waals surface area contributed by atoms with E-state index < -0.39 is 0 Å². The van der Waals surface area contributed by atoms with E-state index in [1.54, 1.807) is 11.3 Å². The lowest BCUT2D eigenvalue weighted by Gasteiger charge is -2.16. The van der Waals surface area contributed by atoms with E-state index in [4.69, 9.17) is 0 Å². The van der Waals surface area contributed by atoms with Crippen molar-refractivity contribution in [2.45, 2.75) is 39.4 Å². The van der Waals surface area contributed by atoms with Gasteiger partial charge in [0.15, 0.2) is 0 Å². The Labute approximate surface area is 156 Å². The highest BCUT2D eigenvalue weighted by Gasteiger charge is 2.19. The van der Waals surface area contributed by atoms with Crippen molar-refractivity contribution >= 4 is 34.2 Å². The molecule has 2 aromatic heterocycles. The summed E-state index contributed by atoms with van der Waals surface area (Å²) in [4.78, 5) is 30.0. The molecule has 7 heteroatoms. The lowest BCUT2D eigenvalue weighted by Crippen LogP contribution is -2.31. The quantitative estimate of drug-likeness (QED) is 0.671. The molecule has 2 N–H and O–H groups in total. The second kappa shape index (κ2) is 8.14. The number of fused-ring (bicyclic) bond motifs is 1. The average Bonchev–Trinajstić information content (AvgIpc) is 3.28. The van der Waals surface area contributed by atoms with E-state index in [0.29, 0.717) is 18.8 Å². The van der Waals surface area contributed by atoms with Gasteiger partial charge in [-0.05, 0) is 30.5 Å². The molecule has 0 bridgehead atoms. The largest absolute Gasteiger partial charge is 0.350 e. The molecule has 2 amide bonds. The van der Waals surface area contributed by atoms with E-state index in [1.807, 2.05) is 60.2 Å². The summed E-state index contributed by atoms with van der Waals surface area (Å²) in [5, 5.41) is 7.85. The van der Waals surface area contributed by atoms with Gasteiger partial charge in [-0.3, -0.25) is 9.59 Å². The molecule has 0 fully saturated rings. The van der Waals surface area contributed by atoms with Crippen LogP contribution in [0.5, 0.6) is 0 Å². The highest BCUT2D eigenvalue weighted by Crippen LogP contribution is 2.21. The molecule has 0 aliphatic carbocycles. The fraction of sp³-hybridized carbons (Fsp3) is 0.316. The lowest BCUT2D eigenvalue weighted by molar-refractivity contribution is -0.122. The molecule has 0 spiro atoms. The zero-order chi connectivity index (χ0) is 18.5.